The number of hydrogen-bond acceptors (Lipinski definition) is 1. The Morgan fingerprint density at radius 1 is 1.18 bits per heavy atom. The first-order chi connectivity index (χ1) is 5.04. The first kappa shape index (κ1) is 12.9. The zero-order chi connectivity index (χ0) is 9.44. The summed E-state index contributed by atoms with van der Waals surface area (Å²) in [5.41, 5.74) is 2.36. The van der Waals surface area contributed by atoms with E-state index in [0.717, 1.165) is 5.70 Å². The standard InChI is InChI=1S/C8H15N.C2H6/c1-7(2)6-9(5)8(3)4;1-2/h6H,3H2,1-2,4-5H3;1-2H3. The number of hydrogen-bond donors (Lipinski definition) is 0. The Bertz CT molecular complexity index is 130. The summed E-state index contributed by atoms with van der Waals surface area (Å²) in [5, 5.41) is 0. The van der Waals surface area contributed by atoms with Gasteiger partial charge in [-0.05, 0) is 20.8 Å². The van der Waals surface area contributed by atoms with Crippen molar-refractivity contribution in [3.05, 3.63) is 24.0 Å². The summed E-state index contributed by atoms with van der Waals surface area (Å²) in [6.45, 7) is 13.9. The Labute approximate surface area is 71.4 Å². The third-order valence-electron chi connectivity index (χ3n) is 1.05. The quantitative estimate of drug-likeness (QED) is 0.590. The Morgan fingerprint density at radius 2 is 1.55 bits per heavy atom. The maximum atomic E-state index is 3.79. The minimum absolute atomic E-state index is 1.07. The molecule has 11 heavy (non-hydrogen) atoms. The van der Waals surface area contributed by atoms with Gasteiger partial charge < -0.3 is 4.90 Å². The maximum absolute atomic E-state index is 3.79. The van der Waals surface area contributed by atoms with Gasteiger partial charge in [0.05, 0.1) is 0 Å². The second-order valence-corrected chi connectivity index (χ2v) is 2.55. The summed E-state index contributed by atoms with van der Waals surface area (Å²) in [4.78, 5) is 2.01. The zero-order valence-electron chi connectivity index (χ0n) is 8.73. The van der Waals surface area contributed by atoms with Gasteiger partial charge in [-0.3, -0.25) is 0 Å². The van der Waals surface area contributed by atoms with Crippen LogP contribution >= 0.6 is 0 Å². The highest BCUT2D eigenvalue weighted by molar-refractivity contribution is 5.00. The molecule has 0 N–H and O–H groups in total. The van der Waals surface area contributed by atoms with E-state index in [-0.39, 0.29) is 0 Å². The molecule has 0 aliphatic rings. The lowest BCUT2D eigenvalue weighted by Crippen LogP contribution is -2.06. The molecule has 0 rings (SSSR count). The highest BCUT2D eigenvalue weighted by atomic mass is 15.1. The van der Waals surface area contributed by atoms with Crippen LogP contribution in [0.4, 0.5) is 0 Å². The third kappa shape index (κ3) is 9.28. The van der Waals surface area contributed by atoms with Crippen molar-refractivity contribution in [2.45, 2.75) is 34.6 Å². The van der Waals surface area contributed by atoms with Crippen LogP contribution in [0.25, 0.3) is 0 Å². The second kappa shape index (κ2) is 7.39. The van der Waals surface area contributed by atoms with Crippen LogP contribution in [-0.2, 0) is 0 Å². The minimum Gasteiger partial charge on any atom is -0.355 e. The predicted molar refractivity (Wildman–Crippen MR) is 53.4 cm³/mol. The molecule has 1 nitrogen and oxygen atoms in total. The molecule has 0 spiro atoms. The molecule has 0 atom stereocenters. The summed E-state index contributed by atoms with van der Waals surface area (Å²) in [6, 6.07) is 0. The van der Waals surface area contributed by atoms with E-state index in [0.29, 0.717) is 0 Å². The third-order valence-corrected chi connectivity index (χ3v) is 1.05. The van der Waals surface area contributed by atoms with Crippen LogP contribution in [-0.4, -0.2) is 11.9 Å². The van der Waals surface area contributed by atoms with E-state index >= 15 is 0 Å². The smallest absolute Gasteiger partial charge is 0.0108 e. The molecule has 0 aromatic carbocycles. The van der Waals surface area contributed by atoms with E-state index in [1.54, 1.807) is 0 Å². The summed E-state index contributed by atoms with van der Waals surface area (Å²) in [7, 11) is 2.00. The predicted octanol–water partition coefficient (Wildman–Crippen LogP) is 3.40. The number of rotatable bonds is 2. The molecular weight excluding hydrogens is 134 g/mol. The number of allylic oxidation sites excluding steroid dienone is 2. The van der Waals surface area contributed by atoms with Crippen molar-refractivity contribution in [1.82, 2.24) is 4.90 Å². The molecule has 1 heteroatoms. The molecule has 66 valence electrons. The molecule has 0 saturated carbocycles. The average Bonchev–Trinajstić information content (AvgIpc) is 1.90. The van der Waals surface area contributed by atoms with E-state index in [1.807, 2.05) is 32.7 Å². The highest BCUT2D eigenvalue weighted by Gasteiger charge is 1.88. The summed E-state index contributed by atoms with van der Waals surface area (Å²) >= 11 is 0. The summed E-state index contributed by atoms with van der Waals surface area (Å²) in [5.74, 6) is 0. The van der Waals surface area contributed by atoms with Gasteiger partial charge >= 0.3 is 0 Å². The SMILES string of the molecule is C=C(C)N(C)C=C(C)C.CC. The fourth-order valence-electron chi connectivity index (χ4n) is 0.497. The average molecular weight is 155 g/mol. The van der Waals surface area contributed by atoms with E-state index < -0.39 is 0 Å². The molecule has 0 aromatic heterocycles. The monoisotopic (exact) mass is 155 g/mol. The van der Waals surface area contributed by atoms with Crippen LogP contribution in [0.1, 0.15) is 34.6 Å². The Kier molecular flexibility index (Phi) is 8.67. The largest absolute Gasteiger partial charge is 0.355 e. The van der Waals surface area contributed by atoms with Gasteiger partial charge in [0.1, 0.15) is 0 Å². The minimum atomic E-state index is 1.07. The van der Waals surface area contributed by atoms with Crippen molar-refractivity contribution in [1.29, 1.82) is 0 Å². The van der Waals surface area contributed by atoms with Gasteiger partial charge in [-0.25, -0.2) is 0 Å². The lowest BCUT2D eigenvalue weighted by molar-refractivity contribution is 0.568. The van der Waals surface area contributed by atoms with Gasteiger partial charge in [-0.1, -0.05) is 26.0 Å². The normalized spacial score (nSPS) is 7.45. The van der Waals surface area contributed by atoms with Gasteiger partial charge in [0, 0.05) is 18.9 Å². The molecule has 0 amide bonds. The van der Waals surface area contributed by atoms with Crippen molar-refractivity contribution in [2.75, 3.05) is 7.05 Å². The maximum Gasteiger partial charge on any atom is 0.0108 e. The van der Waals surface area contributed by atoms with E-state index in [4.69, 9.17) is 0 Å². The molecule has 0 saturated heterocycles. The highest BCUT2D eigenvalue weighted by Crippen LogP contribution is 1.99. The lowest BCUT2D eigenvalue weighted by Gasteiger charge is -2.13. The van der Waals surface area contributed by atoms with Gasteiger partial charge in [0.15, 0.2) is 0 Å². The summed E-state index contributed by atoms with van der Waals surface area (Å²) in [6.07, 6.45) is 2.06. The van der Waals surface area contributed by atoms with Crippen molar-refractivity contribution in [2.24, 2.45) is 0 Å². The molecule has 0 aliphatic carbocycles. The summed E-state index contributed by atoms with van der Waals surface area (Å²) < 4.78 is 0. The van der Waals surface area contributed by atoms with Crippen LogP contribution < -0.4 is 0 Å². The molecule has 0 aliphatic heterocycles. The van der Waals surface area contributed by atoms with E-state index in [9.17, 15) is 0 Å². The fourth-order valence-corrected chi connectivity index (χ4v) is 0.497. The van der Waals surface area contributed by atoms with Crippen molar-refractivity contribution < 1.29 is 0 Å². The van der Waals surface area contributed by atoms with Gasteiger partial charge in [-0.15, -0.1) is 0 Å². The van der Waals surface area contributed by atoms with Crippen LogP contribution in [0.3, 0.4) is 0 Å². The number of nitrogens with zero attached hydrogens (tertiary/aromatic N) is 1. The molecule has 0 radical (unpaired) electrons. The van der Waals surface area contributed by atoms with Gasteiger partial charge in [-0.2, -0.15) is 0 Å². The van der Waals surface area contributed by atoms with Crippen LogP contribution in [0.5, 0.6) is 0 Å². The Balaban J connectivity index is 0. The molecule has 0 fully saturated rings. The molecule has 0 aromatic rings. The molecule has 0 heterocycles. The zero-order valence-corrected chi connectivity index (χ0v) is 8.73. The molecular formula is C10H21N. The van der Waals surface area contributed by atoms with Crippen LogP contribution in [0.15, 0.2) is 24.0 Å². The Hall–Kier alpha value is -0.720. The van der Waals surface area contributed by atoms with Crippen molar-refractivity contribution >= 4 is 0 Å². The van der Waals surface area contributed by atoms with Gasteiger partial charge in [0.2, 0.25) is 0 Å². The van der Waals surface area contributed by atoms with Crippen LogP contribution in [0, 0.1) is 0 Å². The van der Waals surface area contributed by atoms with Crippen molar-refractivity contribution in [3.8, 4) is 0 Å². The van der Waals surface area contributed by atoms with Crippen molar-refractivity contribution in [3.63, 3.8) is 0 Å². The van der Waals surface area contributed by atoms with E-state index in [1.165, 1.54) is 5.57 Å². The van der Waals surface area contributed by atoms with E-state index in [2.05, 4.69) is 26.6 Å². The first-order valence-electron chi connectivity index (χ1n) is 4.07. The van der Waals surface area contributed by atoms with Gasteiger partial charge in [0.25, 0.3) is 0 Å². The second-order valence-electron chi connectivity index (χ2n) is 2.55. The van der Waals surface area contributed by atoms with Crippen LogP contribution in [0.2, 0.25) is 0 Å². The molecule has 0 bridgehead atoms. The Morgan fingerprint density at radius 3 is 1.64 bits per heavy atom. The topological polar surface area (TPSA) is 3.24 Å². The fraction of sp³-hybridized carbons (Fsp3) is 0.600. The lowest BCUT2D eigenvalue weighted by atomic mass is 10.3. The first-order valence-corrected chi connectivity index (χ1v) is 4.07. The molecule has 0 unspecified atom stereocenters.